The lowest BCUT2D eigenvalue weighted by Crippen LogP contribution is -2.34. The number of halogens is 4. The molecule has 0 heterocycles. The Kier molecular flexibility index (Phi) is 11.8. The zero-order valence-electron chi connectivity index (χ0n) is 17.9. The van der Waals surface area contributed by atoms with Crippen molar-refractivity contribution in [2.75, 3.05) is 26.2 Å². The SMILES string of the molecule is Cc1c(O)c(CN(C[C@@H](C)Cl)C[C@@H](C)Cl)cc(CN(C[C@@H](C)Cl)C[C@@H](C)Cl)c1O. The number of hydrogen-bond acceptors (Lipinski definition) is 4. The van der Waals surface area contributed by atoms with E-state index in [9.17, 15) is 10.2 Å². The first kappa shape index (κ1) is 26.9. The van der Waals surface area contributed by atoms with Crippen LogP contribution >= 0.6 is 46.4 Å². The van der Waals surface area contributed by atoms with E-state index in [0.29, 0.717) is 44.8 Å². The molecule has 0 aliphatic carbocycles. The van der Waals surface area contributed by atoms with Crippen molar-refractivity contribution in [2.24, 2.45) is 0 Å². The summed E-state index contributed by atoms with van der Waals surface area (Å²) in [5.41, 5.74) is 1.94. The topological polar surface area (TPSA) is 46.9 Å². The van der Waals surface area contributed by atoms with Gasteiger partial charge >= 0.3 is 0 Å². The normalized spacial score (nSPS) is 16.2. The molecule has 0 saturated heterocycles. The summed E-state index contributed by atoms with van der Waals surface area (Å²) < 4.78 is 0. The summed E-state index contributed by atoms with van der Waals surface area (Å²) in [5.74, 6) is 0.201. The molecule has 168 valence electrons. The van der Waals surface area contributed by atoms with Crippen molar-refractivity contribution in [3.63, 3.8) is 0 Å². The van der Waals surface area contributed by atoms with Crippen molar-refractivity contribution in [2.45, 2.75) is 69.2 Å². The Hall–Kier alpha value is -0.100. The molecule has 0 aliphatic heterocycles. The van der Waals surface area contributed by atoms with E-state index >= 15 is 0 Å². The molecule has 2 N–H and O–H groups in total. The van der Waals surface area contributed by atoms with Crippen LogP contribution in [0.4, 0.5) is 0 Å². The molecule has 0 unspecified atom stereocenters. The van der Waals surface area contributed by atoms with Crippen molar-refractivity contribution in [1.29, 1.82) is 0 Å². The fraction of sp³-hybridized carbons (Fsp3) is 0.714. The predicted molar refractivity (Wildman–Crippen MR) is 126 cm³/mol. The molecular weight excluding hydrogens is 454 g/mol. The quantitative estimate of drug-likeness (QED) is 0.381. The van der Waals surface area contributed by atoms with E-state index in [2.05, 4.69) is 9.80 Å². The molecule has 29 heavy (non-hydrogen) atoms. The largest absolute Gasteiger partial charge is 0.507 e. The van der Waals surface area contributed by atoms with Crippen molar-refractivity contribution in [3.8, 4) is 11.5 Å². The summed E-state index contributed by atoms with van der Waals surface area (Å²) in [6, 6.07) is 1.85. The summed E-state index contributed by atoms with van der Waals surface area (Å²) >= 11 is 24.8. The van der Waals surface area contributed by atoms with Crippen molar-refractivity contribution >= 4 is 46.4 Å². The third-order valence-electron chi connectivity index (χ3n) is 4.49. The molecule has 0 saturated carbocycles. The number of phenolic OH excluding ortho intramolecular Hbond substituents is 2. The van der Waals surface area contributed by atoms with Crippen LogP contribution in [0.15, 0.2) is 6.07 Å². The van der Waals surface area contributed by atoms with Gasteiger partial charge in [0.15, 0.2) is 0 Å². The van der Waals surface area contributed by atoms with Crippen LogP contribution < -0.4 is 0 Å². The molecule has 8 heteroatoms. The van der Waals surface area contributed by atoms with Crippen LogP contribution in [-0.4, -0.2) is 67.7 Å². The smallest absolute Gasteiger partial charge is 0.126 e. The number of alkyl halides is 4. The molecular formula is C21H34Cl4N2O2. The van der Waals surface area contributed by atoms with E-state index in [0.717, 1.165) is 11.1 Å². The highest BCUT2D eigenvalue weighted by Gasteiger charge is 2.21. The highest BCUT2D eigenvalue weighted by molar-refractivity contribution is 6.21. The highest BCUT2D eigenvalue weighted by atomic mass is 35.5. The molecule has 0 bridgehead atoms. The third kappa shape index (κ3) is 9.71. The fourth-order valence-electron chi connectivity index (χ4n) is 3.49. The van der Waals surface area contributed by atoms with Gasteiger partial charge in [-0.25, -0.2) is 0 Å². The number of nitrogens with zero attached hydrogens (tertiary/aromatic N) is 2. The lowest BCUT2D eigenvalue weighted by molar-refractivity contribution is 0.260. The van der Waals surface area contributed by atoms with Crippen LogP contribution in [-0.2, 0) is 13.1 Å². The Morgan fingerprint density at radius 2 is 0.966 bits per heavy atom. The lowest BCUT2D eigenvalue weighted by Gasteiger charge is -2.28. The second-order valence-electron chi connectivity index (χ2n) is 8.03. The minimum absolute atomic E-state index is 0.0452. The van der Waals surface area contributed by atoms with Gasteiger partial charge in [0, 0.05) is 77.5 Å². The maximum absolute atomic E-state index is 10.6. The second kappa shape index (κ2) is 12.7. The van der Waals surface area contributed by atoms with E-state index in [1.165, 1.54) is 0 Å². The number of hydrogen-bond donors (Lipinski definition) is 2. The minimum Gasteiger partial charge on any atom is -0.507 e. The minimum atomic E-state index is -0.0452. The van der Waals surface area contributed by atoms with Crippen molar-refractivity contribution in [3.05, 3.63) is 22.8 Å². The number of aromatic hydroxyl groups is 2. The van der Waals surface area contributed by atoms with Crippen LogP contribution in [0.25, 0.3) is 0 Å². The zero-order valence-corrected chi connectivity index (χ0v) is 21.0. The van der Waals surface area contributed by atoms with Gasteiger partial charge in [0.1, 0.15) is 11.5 Å². The van der Waals surface area contributed by atoms with E-state index in [1.54, 1.807) is 6.92 Å². The first-order valence-corrected chi connectivity index (χ1v) is 11.7. The second-order valence-corrected chi connectivity index (χ2v) is 11.0. The molecule has 0 aromatic heterocycles. The Morgan fingerprint density at radius 1 is 0.690 bits per heavy atom. The summed E-state index contributed by atoms with van der Waals surface area (Å²) in [4.78, 5) is 4.23. The molecule has 0 aliphatic rings. The number of phenols is 2. The van der Waals surface area contributed by atoms with Crippen molar-refractivity contribution < 1.29 is 10.2 Å². The molecule has 1 rings (SSSR count). The van der Waals surface area contributed by atoms with Crippen molar-refractivity contribution in [1.82, 2.24) is 9.80 Å². The molecule has 0 fully saturated rings. The van der Waals surface area contributed by atoms with Crippen LogP contribution in [0.5, 0.6) is 11.5 Å². The van der Waals surface area contributed by atoms with E-state index in [-0.39, 0.29) is 33.0 Å². The van der Waals surface area contributed by atoms with Gasteiger partial charge in [-0.3, -0.25) is 9.80 Å². The van der Waals surface area contributed by atoms with Crippen LogP contribution in [0.3, 0.4) is 0 Å². The van der Waals surface area contributed by atoms with Gasteiger partial charge in [-0.15, -0.1) is 46.4 Å². The Balaban J connectivity index is 3.18. The molecule has 4 atom stereocenters. The van der Waals surface area contributed by atoms with Gasteiger partial charge in [-0.1, -0.05) is 0 Å². The van der Waals surface area contributed by atoms with E-state index in [4.69, 9.17) is 46.4 Å². The molecule has 4 nitrogen and oxygen atoms in total. The molecule has 0 radical (unpaired) electrons. The Bertz CT molecular complexity index is 569. The van der Waals surface area contributed by atoms with E-state index < -0.39 is 0 Å². The number of benzene rings is 1. The molecule has 0 amide bonds. The van der Waals surface area contributed by atoms with Gasteiger partial charge in [0.25, 0.3) is 0 Å². The maximum atomic E-state index is 10.6. The highest BCUT2D eigenvalue weighted by Crippen LogP contribution is 2.35. The van der Waals surface area contributed by atoms with Crippen LogP contribution in [0.1, 0.15) is 44.4 Å². The Morgan fingerprint density at radius 3 is 1.21 bits per heavy atom. The van der Waals surface area contributed by atoms with Crippen LogP contribution in [0, 0.1) is 6.92 Å². The zero-order chi connectivity index (χ0) is 22.3. The summed E-state index contributed by atoms with van der Waals surface area (Å²) in [5, 5.41) is 21.1. The summed E-state index contributed by atoms with van der Waals surface area (Å²) in [7, 11) is 0. The summed E-state index contributed by atoms with van der Waals surface area (Å²) in [6.45, 7) is 13.0. The van der Waals surface area contributed by atoms with E-state index in [1.807, 2.05) is 33.8 Å². The third-order valence-corrected chi connectivity index (χ3v) is 5.05. The Labute approximate surface area is 195 Å². The molecule has 1 aromatic rings. The first-order chi connectivity index (χ1) is 13.4. The average Bonchev–Trinajstić information content (AvgIpc) is 2.54. The standard InChI is InChI=1S/C21H34Cl4N2O2/c1-13(22)7-26(8-14(2)23)11-18-6-19(21(29)17(5)20(18)28)12-27(9-15(3)24)10-16(4)25/h6,13-16,28-29H,7-12H2,1-5H3/t13-,14-,15-,16-/m1/s1. The fourth-order valence-corrected chi connectivity index (χ4v) is 4.27. The monoisotopic (exact) mass is 486 g/mol. The average molecular weight is 488 g/mol. The predicted octanol–water partition coefficient (Wildman–Crippen LogP) is 5.52. The lowest BCUT2D eigenvalue weighted by atomic mass is 10.0. The maximum Gasteiger partial charge on any atom is 0.126 e. The van der Waals surface area contributed by atoms with Gasteiger partial charge in [-0.05, 0) is 40.7 Å². The van der Waals surface area contributed by atoms with Crippen LogP contribution in [0.2, 0.25) is 0 Å². The van der Waals surface area contributed by atoms with Gasteiger partial charge in [0.05, 0.1) is 0 Å². The first-order valence-electron chi connectivity index (χ1n) is 9.94. The summed E-state index contributed by atoms with van der Waals surface area (Å²) in [6.07, 6.45) is 0. The number of rotatable bonds is 12. The van der Waals surface area contributed by atoms with Gasteiger partial charge in [-0.2, -0.15) is 0 Å². The van der Waals surface area contributed by atoms with Gasteiger partial charge in [0.2, 0.25) is 0 Å². The molecule has 0 spiro atoms. The molecule has 1 aromatic carbocycles. The van der Waals surface area contributed by atoms with Gasteiger partial charge < -0.3 is 10.2 Å².